The van der Waals surface area contributed by atoms with Crippen LogP contribution in [0.3, 0.4) is 0 Å². The first kappa shape index (κ1) is 28.3. The number of anilines is 1. The van der Waals surface area contributed by atoms with Gasteiger partial charge in [0.2, 0.25) is 0 Å². The lowest BCUT2D eigenvalue weighted by molar-refractivity contribution is 0.128. The summed E-state index contributed by atoms with van der Waals surface area (Å²) < 4.78 is 0. The zero-order valence-corrected chi connectivity index (χ0v) is 24.2. The van der Waals surface area contributed by atoms with Gasteiger partial charge in [0.25, 0.3) is 0 Å². The van der Waals surface area contributed by atoms with Crippen LogP contribution < -0.4 is 10.6 Å². The lowest BCUT2D eigenvalue weighted by Crippen LogP contribution is -2.52. The number of nitrogens with one attached hydrogen (secondary N) is 2. The Labute approximate surface area is 239 Å². The van der Waals surface area contributed by atoms with Crippen molar-refractivity contribution in [2.45, 2.75) is 51.1 Å². The molecule has 8 heteroatoms. The molecule has 214 valence electrons. The molecular weight excluding hydrogens is 498 g/mol. The molecule has 2 heterocycles. The maximum Gasteiger partial charge on any atom is 0.317 e. The molecule has 5 rings (SSSR count). The summed E-state index contributed by atoms with van der Waals surface area (Å²) in [6.07, 6.45) is 7.25. The lowest BCUT2D eigenvalue weighted by atomic mass is 9.81. The van der Waals surface area contributed by atoms with E-state index in [1.165, 1.54) is 37.7 Å². The van der Waals surface area contributed by atoms with Gasteiger partial charge in [-0.15, -0.1) is 0 Å². The van der Waals surface area contributed by atoms with Crippen LogP contribution in [-0.2, 0) is 6.54 Å². The van der Waals surface area contributed by atoms with Gasteiger partial charge in [0, 0.05) is 38.1 Å². The molecule has 2 fully saturated rings. The number of carbonyl (C=O) groups excluding carboxylic acids is 1. The van der Waals surface area contributed by atoms with E-state index in [-0.39, 0.29) is 12.1 Å². The summed E-state index contributed by atoms with van der Waals surface area (Å²) in [4.78, 5) is 29.7. The van der Waals surface area contributed by atoms with Gasteiger partial charge in [0.05, 0.1) is 18.1 Å². The van der Waals surface area contributed by atoms with E-state index < -0.39 is 0 Å². The molecule has 2 N–H and O–H groups in total. The zero-order valence-electron chi connectivity index (χ0n) is 24.2. The van der Waals surface area contributed by atoms with Crippen molar-refractivity contribution in [3.8, 4) is 0 Å². The van der Waals surface area contributed by atoms with Crippen LogP contribution in [0, 0.1) is 5.92 Å². The van der Waals surface area contributed by atoms with Crippen molar-refractivity contribution in [1.82, 2.24) is 30.0 Å². The van der Waals surface area contributed by atoms with Gasteiger partial charge in [0.1, 0.15) is 11.6 Å². The number of hydrogen-bond donors (Lipinski definition) is 2. The van der Waals surface area contributed by atoms with E-state index in [4.69, 9.17) is 9.97 Å². The van der Waals surface area contributed by atoms with Gasteiger partial charge in [-0.05, 0) is 63.5 Å². The highest BCUT2D eigenvalue weighted by atomic mass is 16.2. The zero-order chi connectivity index (χ0) is 27.7. The normalized spacial score (nSPS) is 17.7. The number of carbonyl (C=O) groups is 1. The van der Waals surface area contributed by atoms with Crippen molar-refractivity contribution in [2.75, 3.05) is 58.7 Å². The molecule has 8 nitrogen and oxygen atoms in total. The predicted octanol–water partition coefficient (Wildman–Crippen LogP) is 5.14. The highest BCUT2D eigenvalue weighted by molar-refractivity contribution is 5.89. The van der Waals surface area contributed by atoms with Crippen LogP contribution in [0.4, 0.5) is 10.6 Å². The van der Waals surface area contributed by atoms with Gasteiger partial charge in [-0.3, -0.25) is 4.90 Å². The van der Waals surface area contributed by atoms with Crippen LogP contribution in [0.15, 0.2) is 54.6 Å². The minimum atomic E-state index is 0.0604. The van der Waals surface area contributed by atoms with Gasteiger partial charge < -0.3 is 20.4 Å². The van der Waals surface area contributed by atoms with Crippen LogP contribution in [0.1, 0.15) is 56.0 Å². The van der Waals surface area contributed by atoms with Gasteiger partial charge in [-0.2, -0.15) is 0 Å². The summed E-state index contributed by atoms with van der Waals surface area (Å²) in [6.45, 7) is 5.64. The third-order valence-electron chi connectivity index (χ3n) is 8.31. The molecule has 0 spiro atoms. The molecule has 2 aliphatic rings. The van der Waals surface area contributed by atoms with E-state index in [9.17, 15) is 4.79 Å². The molecule has 2 amide bonds. The fourth-order valence-corrected chi connectivity index (χ4v) is 6.07. The third kappa shape index (κ3) is 7.49. The highest BCUT2D eigenvalue weighted by Gasteiger charge is 2.29. The van der Waals surface area contributed by atoms with E-state index in [2.05, 4.69) is 70.9 Å². The molecule has 1 saturated carbocycles. The summed E-state index contributed by atoms with van der Waals surface area (Å²) in [5.74, 6) is 2.25. The summed E-state index contributed by atoms with van der Waals surface area (Å²) in [6, 6.07) is 18.9. The average molecular weight is 544 g/mol. The lowest BCUT2D eigenvalue weighted by Gasteiger charge is -2.37. The van der Waals surface area contributed by atoms with Crippen LogP contribution in [0.25, 0.3) is 10.9 Å². The van der Waals surface area contributed by atoms with Crippen LogP contribution in [0.5, 0.6) is 0 Å². The second kappa shape index (κ2) is 13.9. The number of amides is 2. The second-order valence-electron chi connectivity index (χ2n) is 11.6. The van der Waals surface area contributed by atoms with Crippen LogP contribution in [0.2, 0.25) is 0 Å². The molecule has 1 aliphatic carbocycles. The van der Waals surface area contributed by atoms with E-state index in [1.54, 1.807) is 0 Å². The quantitative estimate of drug-likeness (QED) is 0.345. The predicted molar refractivity (Wildman–Crippen MR) is 162 cm³/mol. The number of para-hydroxylation sites is 1. The van der Waals surface area contributed by atoms with Gasteiger partial charge in [-0.25, -0.2) is 14.8 Å². The molecule has 1 unspecified atom stereocenters. The van der Waals surface area contributed by atoms with Crippen molar-refractivity contribution in [3.05, 3.63) is 66.0 Å². The molecule has 1 aromatic heterocycles. The number of aromatic nitrogens is 2. The van der Waals surface area contributed by atoms with Crippen LogP contribution >= 0.6 is 0 Å². The van der Waals surface area contributed by atoms with E-state index in [0.29, 0.717) is 25.6 Å². The third-order valence-corrected chi connectivity index (χ3v) is 8.31. The number of piperazine rings is 1. The Balaban J connectivity index is 1.18. The fourth-order valence-electron chi connectivity index (χ4n) is 6.07. The van der Waals surface area contributed by atoms with E-state index in [1.807, 2.05) is 23.1 Å². The topological polar surface area (TPSA) is 76.6 Å². The second-order valence-corrected chi connectivity index (χ2v) is 11.6. The Morgan fingerprint density at radius 3 is 2.42 bits per heavy atom. The SMILES string of the molecule is CN(C)CCCNc1nc(CN2CCN(C(=O)NC(c3ccccc3)C3CCCCC3)CC2)nc2ccccc12. The number of hydrogen-bond acceptors (Lipinski definition) is 6. The molecule has 2 aromatic carbocycles. The molecule has 0 radical (unpaired) electrons. The maximum atomic E-state index is 13.4. The Hall–Kier alpha value is -3.23. The van der Waals surface area contributed by atoms with Crippen molar-refractivity contribution in [3.63, 3.8) is 0 Å². The fraction of sp³-hybridized carbons (Fsp3) is 0.531. The summed E-state index contributed by atoms with van der Waals surface area (Å²) >= 11 is 0. The molecule has 0 bridgehead atoms. The smallest absolute Gasteiger partial charge is 0.317 e. The number of benzene rings is 2. The van der Waals surface area contributed by atoms with E-state index in [0.717, 1.165) is 55.1 Å². The number of nitrogens with zero attached hydrogens (tertiary/aromatic N) is 5. The summed E-state index contributed by atoms with van der Waals surface area (Å²) in [7, 11) is 4.19. The first-order valence-electron chi connectivity index (χ1n) is 15.0. The van der Waals surface area contributed by atoms with Crippen molar-refractivity contribution >= 4 is 22.8 Å². The van der Waals surface area contributed by atoms with Crippen molar-refractivity contribution in [1.29, 1.82) is 0 Å². The molecule has 40 heavy (non-hydrogen) atoms. The Morgan fingerprint density at radius 2 is 1.68 bits per heavy atom. The van der Waals surface area contributed by atoms with Gasteiger partial charge >= 0.3 is 6.03 Å². The van der Waals surface area contributed by atoms with Crippen LogP contribution in [-0.4, -0.2) is 84.1 Å². The first-order valence-corrected chi connectivity index (χ1v) is 15.0. The molecule has 1 atom stereocenters. The Bertz CT molecular complexity index is 1220. The van der Waals surface area contributed by atoms with Gasteiger partial charge in [0.15, 0.2) is 0 Å². The molecule has 1 aliphatic heterocycles. The monoisotopic (exact) mass is 543 g/mol. The Morgan fingerprint density at radius 1 is 0.950 bits per heavy atom. The minimum Gasteiger partial charge on any atom is -0.369 e. The summed E-state index contributed by atoms with van der Waals surface area (Å²) in [5, 5.41) is 8.03. The van der Waals surface area contributed by atoms with Crippen molar-refractivity contribution < 1.29 is 4.79 Å². The van der Waals surface area contributed by atoms with Gasteiger partial charge in [-0.1, -0.05) is 61.7 Å². The number of fused-ring (bicyclic) bond motifs is 1. The van der Waals surface area contributed by atoms with E-state index >= 15 is 0 Å². The molecular formula is C32H45N7O. The first-order chi connectivity index (χ1) is 19.6. The average Bonchev–Trinajstić information content (AvgIpc) is 2.99. The number of rotatable bonds is 10. The summed E-state index contributed by atoms with van der Waals surface area (Å²) in [5.41, 5.74) is 2.19. The largest absolute Gasteiger partial charge is 0.369 e. The maximum absolute atomic E-state index is 13.4. The molecule has 1 saturated heterocycles. The minimum absolute atomic E-state index is 0.0604. The number of urea groups is 1. The molecule has 3 aromatic rings. The highest BCUT2D eigenvalue weighted by Crippen LogP contribution is 2.34. The Kier molecular flexibility index (Phi) is 9.84. The standard InChI is InChI=1S/C32H45N7O/c1-37(2)19-11-18-33-31-27-16-9-10-17-28(27)34-29(35-31)24-38-20-22-39(23-21-38)32(40)36-30(25-12-5-3-6-13-25)26-14-7-4-8-15-26/h3,5-6,9-10,12-13,16-17,26,30H,4,7-8,11,14-15,18-24H2,1-2H3,(H,36,40)(H,33,34,35). The van der Waals surface area contributed by atoms with Crippen molar-refractivity contribution in [2.24, 2.45) is 5.92 Å².